The second-order valence-corrected chi connectivity index (χ2v) is 3.71. The molecule has 0 N–H and O–H groups in total. The number of hydrogen-bond acceptors (Lipinski definition) is 1. The molecule has 0 aromatic heterocycles. The highest BCUT2D eigenvalue weighted by atomic mass is 14.4. The molecule has 1 aliphatic rings. The lowest BCUT2D eigenvalue weighted by Crippen LogP contribution is -1.87. The molecule has 0 heterocycles. The summed E-state index contributed by atoms with van der Waals surface area (Å²) < 4.78 is 0. The summed E-state index contributed by atoms with van der Waals surface area (Å²) in [6.45, 7) is 2.22. The average molecular weight is 171 g/mol. The number of benzene rings is 1. The first-order chi connectivity index (χ1) is 6.36. The van der Waals surface area contributed by atoms with Gasteiger partial charge in [0.2, 0.25) is 0 Å². The third-order valence-electron chi connectivity index (χ3n) is 2.93. The van der Waals surface area contributed by atoms with Gasteiger partial charge < -0.3 is 0 Å². The summed E-state index contributed by atoms with van der Waals surface area (Å²) in [5, 5.41) is 8.90. The predicted octanol–water partition coefficient (Wildman–Crippen LogP) is 3.07. The van der Waals surface area contributed by atoms with Crippen molar-refractivity contribution in [1.29, 1.82) is 5.26 Å². The highest BCUT2D eigenvalue weighted by molar-refractivity contribution is 5.42. The van der Waals surface area contributed by atoms with Crippen LogP contribution in [0.3, 0.4) is 0 Å². The lowest BCUT2D eigenvalue weighted by atomic mass is 10.0. The van der Waals surface area contributed by atoms with Gasteiger partial charge in [-0.25, -0.2) is 0 Å². The van der Waals surface area contributed by atoms with E-state index in [9.17, 15) is 0 Å². The molecule has 1 saturated carbocycles. The Hall–Kier alpha value is -1.29. The van der Waals surface area contributed by atoms with E-state index in [2.05, 4.69) is 19.1 Å². The monoisotopic (exact) mass is 171 g/mol. The second-order valence-electron chi connectivity index (χ2n) is 3.71. The number of nitriles is 1. The van der Waals surface area contributed by atoms with Crippen LogP contribution < -0.4 is 0 Å². The lowest BCUT2D eigenvalue weighted by molar-refractivity contribution is 0.765. The van der Waals surface area contributed by atoms with Crippen molar-refractivity contribution >= 4 is 0 Å². The Labute approximate surface area is 79.0 Å². The van der Waals surface area contributed by atoms with Crippen LogP contribution in [0.15, 0.2) is 24.3 Å². The fourth-order valence-corrected chi connectivity index (χ4v) is 2.00. The van der Waals surface area contributed by atoms with Crippen LogP contribution in [0.4, 0.5) is 0 Å². The van der Waals surface area contributed by atoms with Crippen LogP contribution in [0, 0.1) is 17.2 Å². The zero-order chi connectivity index (χ0) is 9.26. The number of hydrogen-bond donors (Lipinski definition) is 0. The van der Waals surface area contributed by atoms with Crippen LogP contribution in [-0.2, 0) is 0 Å². The van der Waals surface area contributed by atoms with Gasteiger partial charge in [-0.05, 0) is 29.9 Å². The summed E-state index contributed by atoms with van der Waals surface area (Å²) in [7, 11) is 0. The molecular weight excluding hydrogens is 158 g/mol. The van der Waals surface area contributed by atoms with Crippen LogP contribution in [0.1, 0.15) is 36.8 Å². The maximum atomic E-state index is 8.90. The van der Waals surface area contributed by atoms with E-state index in [1.165, 1.54) is 18.4 Å². The molecule has 2 rings (SSSR count). The minimum Gasteiger partial charge on any atom is -0.192 e. The van der Waals surface area contributed by atoms with Crippen molar-refractivity contribution in [3.05, 3.63) is 35.4 Å². The van der Waals surface area contributed by atoms with Gasteiger partial charge in [0, 0.05) is 0 Å². The molecule has 13 heavy (non-hydrogen) atoms. The molecule has 1 aliphatic carbocycles. The van der Waals surface area contributed by atoms with Gasteiger partial charge >= 0.3 is 0 Å². The van der Waals surface area contributed by atoms with Crippen molar-refractivity contribution in [2.75, 3.05) is 0 Å². The zero-order valence-electron chi connectivity index (χ0n) is 7.83. The van der Waals surface area contributed by atoms with Crippen LogP contribution in [0.5, 0.6) is 0 Å². The Kier molecular flexibility index (Phi) is 2.06. The first-order valence-electron chi connectivity index (χ1n) is 4.85. The van der Waals surface area contributed by atoms with E-state index in [4.69, 9.17) is 5.26 Å². The Balaban J connectivity index is 2.27. The lowest BCUT2D eigenvalue weighted by Gasteiger charge is -2.00. The van der Waals surface area contributed by atoms with E-state index in [1.807, 2.05) is 18.2 Å². The molecule has 0 bridgehead atoms. The van der Waals surface area contributed by atoms with Crippen molar-refractivity contribution in [3.63, 3.8) is 0 Å². The molecule has 1 heteroatoms. The molecule has 0 aliphatic heterocycles. The zero-order valence-corrected chi connectivity index (χ0v) is 7.83. The summed E-state index contributed by atoms with van der Waals surface area (Å²) in [6, 6.07) is 10.2. The van der Waals surface area contributed by atoms with Gasteiger partial charge in [-0.15, -0.1) is 0 Å². The molecule has 1 aromatic carbocycles. The number of nitrogens with zero attached hydrogens (tertiary/aromatic N) is 1. The van der Waals surface area contributed by atoms with E-state index in [-0.39, 0.29) is 0 Å². The highest BCUT2D eigenvalue weighted by Gasteiger charge is 2.37. The van der Waals surface area contributed by atoms with Crippen LogP contribution in [0.2, 0.25) is 0 Å². The Morgan fingerprint density at radius 1 is 1.46 bits per heavy atom. The van der Waals surface area contributed by atoms with Crippen molar-refractivity contribution in [1.82, 2.24) is 0 Å². The predicted molar refractivity (Wildman–Crippen MR) is 52.3 cm³/mol. The highest BCUT2D eigenvalue weighted by Crippen LogP contribution is 2.50. The molecule has 2 atom stereocenters. The molecule has 1 nitrogen and oxygen atoms in total. The molecule has 0 unspecified atom stereocenters. The van der Waals surface area contributed by atoms with E-state index >= 15 is 0 Å². The molecule has 0 spiro atoms. The molecule has 0 amide bonds. The first kappa shape index (κ1) is 8.31. The Bertz CT molecular complexity index is 348. The smallest absolute Gasteiger partial charge is 0.0994 e. The maximum absolute atomic E-state index is 8.90. The van der Waals surface area contributed by atoms with Crippen LogP contribution >= 0.6 is 0 Å². The topological polar surface area (TPSA) is 23.8 Å². The van der Waals surface area contributed by atoms with Crippen molar-refractivity contribution < 1.29 is 0 Å². The standard InChI is InChI=1S/C12H13N/c1-2-9-7-12(9)11-6-4-3-5-10(11)8-13/h3-6,9,12H,2,7H2,1H3/t9-,12-/m0/s1. The quantitative estimate of drug-likeness (QED) is 0.670. The third-order valence-corrected chi connectivity index (χ3v) is 2.93. The first-order valence-corrected chi connectivity index (χ1v) is 4.85. The second kappa shape index (κ2) is 3.22. The molecule has 0 saturated heterocycles. The van der Waals surface area contributed by atoms with Crippen molar-refractivity contribution in [2.45, 2.75) is 25.7 Å². The third kappa shape index (κ3) is 1.45. The Morgan fingerprint density at radius 2 is 2.23 bits per heavy atom. The SMILES string of the molecule is CC[C@H]1C[C@@H]1c1ccccc1C#N. The van der Waals surface area contributed by atoms with Gasteiger partial charge in [0.05, 0.1) is 11.6 Å². The van der Waals surface area contributed by atoms with E-state index in [0.29, 0.717) is 5.92 Å². The summed E-state index contributed by atoms with van der Waals surface area (Å²) in [5.41, 5.74) is 2.13. The number of rotatable bonds is 2. The van der Waals surface area contributed by atoms with Gasteiger partial charge in [-0.1, -0.05) is 31.5 Å². The molecule has 0 radical (unpaired) electrons. The van der Waals surface area contributed by atoms with Gasteiger partial charge in [0.25, 0.3) is 0 Å². The van der Waals surface area contributed by atoms with E-state index < -0.39 is 0 Å². The van der Waals surface area contributed by atoms with Crippen LogP contribution in [0.25, 0.3) is 0 Å². The summed E-state index contributed by atoms with van der Waals surface area (Å²) in [5.74, 6) is 1.50. The summed E-state index contributed by atoms with van der Waals surface area (Å²) >= 11 is 0. The maximum Gasteiger partial charge on any atom is 0.0994 e. The van der Waals surface area contributed by atoms with Crippen molar-refractivity contribution in [3.8, 4) is 6.07 Å². The molecule has 1 fully saturated rings. The normalized spacial score (nSPS) is 25.2. The summed E-state index contributed by atoms with van der Waals surface area (Å²) in [6.07, 6.45) is 2.51. The van der Waals surface area contributed by atoms with Crippen molar-refractivity contribution in [2.24, 2.45) is 5.92 Å². The summed E-state index contributed by atoms with van der Waals surface area (Å²) in [4.78, 5) is 0. The van der Waals surface area contributed by atoms with E-state index in [0.717, 1.165) is 11.5 Å². The molecule has 1 aromatic rings. The van der Waals surface area contributed by atoms with E-state index in [1.54, 1.807) is 0 Å². The fourth-order valence-electron chi connectivity index (χ4n) is 2.00. The molecular formula is C12H13N. The van der Waals surface area contributed by atoms with Gasteiger partial charge in [-0.2, -0.15) is 5.26 Å². The van der Waals surface area contributed by atoms with Gasteiger partial charge in [-0.3, -0.25) is 0 Å². The van der Waals surface area contributed by atoms with Crippen LogP contribution in [-0.4, -0.2) is 0 Å². The van der Waals surface area contributed by atoms with Gasteiger partial charge in [0.1, 0.15) is 0 Å². The average Bonchev–Trinajstić information content (AvgIpc) is 2.96. The molecule has 66 valence electrons. The van der Waals surface area contributed by atoms with Gasteiger partial charge in [0.15, 0.2) is 0 Å². The fraction of sp³-hybridized carbons (Fsp3) is 0.417. The minimum absolute atomic E-state index is 0.667. The Morgan fingerprint density at radius 3 is 2.85 bits per heavy atom. The minimum atomic E-state index is 0.667. The largest absolute Gasteiger partial charge is 0.192 e.